The molecule has 2 N–H and O–H groups in total. The molecule has 2 fully saturated rings. The molecule has 21 heavy (non-hydrogen) atoms. The molecule has 6 nitrogen and oxygen atoms in total. The van der Waals surface area contributed by atoms with Crippen molar-refractivity contribution in [2.75, 3.05) is 33.2 Å². The molecule has 2 rings (SSSR count). The fraction of sp³-hybridized carbons (Fsp3) is 0.867. The van der Waals surface area contributed by atoms with E-state index in [9.17, 15) is 9.90 Å². The molecule has 6 heteroatoms. The molecule has 2 aliphatic rings. The molecule has 1 aliphatic carbocycles. The van der Waals surface area contributed by atoms with Crippen LogP contribution in [-0.2, 0) is 4.79 Å². The van der Waals surface area contributed by atoms with Crippen LogP contribution in [0.1, 0.15) is 39.5 Å². The zero-order chi connectivity index (χ0) is 15.5. The molecule has 120 valence electrons. The van der Waals surface area contributed by atoms with Gasteiger partial charge in [0.15, 0.2) is 5.96 Å². The van der Waals surface area contributed by atoms with E-state index in [-0.39, 0.29) is 5.91 Å². The maximum atomic E-state index is 12.2. The second-order valence-electron chi connectivity index (χ2n) is 6.07. The number of aliphatic hydroxyl groups is 1. The van der Waals surface area contributed by atoms with E-state index in [0.717, 1.165) is 25.9 Å². The second kappa shape index (κ2) is 6.64. The smallest absolute Gasteiger partial charge is 0.242 e. The number of rotatable bonds is 5. The average molecular weight is 296 g/mol. The summed E-state index contributed by atoms with van der Waals surface area (Å²) in [6.07, 6.45) is 3.70. The molecular weight excluding hydrogens is 268 g/mol. The first-order chi connectivity index (χ1) is 10.0. The summed E-state index contributed by atoms with van der Waals surface area (Å²) in [5.41, 5.74) is -0.713. The van der Waals surface area contributed by atoms with Crippen LogP contribution in [0.2, 0.25) is 0 Å². The topological polar surface area (TPSA) is 68.2 Å². The van der Waals surface area contributed by atoms with Gasteiger partial charge >= 0.3 is 0 Å². The lowest BCUT2D eigenvalue weighted by Crippen LogP contribution is -2.57. The van der Waals surface area contributed by atoms with Gasteiger partial charge in [0.2, 0.25) is 5.91 Å². The van der Waals surface area contributed by atoms with Crippen LogP contribution >= 0.6 is 0 Å². The summed E-state index contributed by atoms with van der Waals surface area (Å²) in [4.78, 5) is 20.4. The lowest BCUT2D eigenvalue weighted by molar-refractivity contribution is -0.135. The van der Waals surface area contributed by atoms with Gasteiger partial charge in [-0.1, -0.05) is 13.8 Å². The molecule has 0 atom stereocenters. The van der Waals surface area contributed by atoms with Crippen molar-refractivity contribution in [3.8, 4) is 0 Å². The highest BCUT2D eigenvalue weighted by Crippen LogP contribution is 2.28. The summed E-state index contributed by atoms with van der Waals surface area (Å²) in [6.45, 7) is 6.38. The monoisotopic (exact) mass is 296 g/mol. The highest BCUT2D eigenvalue weighted by molar-refractivity contribution is 5.88. The van der Waals surface area contributed by atoms with Crippen molar-refractivity contribution < 1.29 is 9.90 Å². The molecular formula is C15H28N4O2. The summed E-state index contributed by atoms with van der Waals surface area (Å²) in [7, 11) is 1.72. The normalized spacial score (nSPS) is 21.0. The predicted molar refractivity (Wildman–Crippen MR) is 83.2 cm³/mol. The van der Waals surface area contributed by atoms with Crippen molar-refractivity contribution in [2.45, 2.75) is 51.2 Å². The van der Waals surface area contributed by atoms with Gasteiger partial charge in [-0.3, -0.25) is 9.79 Å². The Morgan fingerprint density at radius 3 is 2.52 bits per heavy atom. The minimum atomic E-state index is -0.713. The van der Waals surface area contributed by atoms with Gasteiger partial charge in [-0.25, -0.2) is 0 Å². The third-order valence-electron chi connectivity index (χ3n) is 4.65. The molecule has 0 spiro atoms. The Balaban J connectivity index is 1.88. The molecule has 0 aromatic rings. The number of amides is 1. The molecule has 1 saturated heterocycles. The number of piperazine rings is 1. The van der Waals surface area contributed by atoms with Gasteiger partial charge in [0.1, 0.15) is 0 Å². The van der Waals surface area contributed by atoms with Gasteiger partial charge in [0.05, 0.1) is 12.1 Å². The van der Waals surface area contributed by atoms with Crippen molar-refractivity contribution >= 4 is 11.9 Å². The van der Waals surface area contributed by atoms with E-state index < -0.39 is 5.60 Å². The van der Waals surface area contributed by atoms with Crippen LogP contribution < -0.4 is 5.32 Å². The van der Waals surface area contributed by atoms with E-state index in [0.29, 0.717) is 37.9 Å². The second-order valence-corrected chi connectivity index (χ2v) is 6.07. The Labute approximate surface area is 127 Å². The molecule has 1 saturated carbocycles. The van der Waals surface area contributed by atoms with Gasteiger partial charge in [-0.05, 0) is 25.7 Å². The summed E-state index contributed by atoms with van der Waals surface area (Å²) in [5.74, 6) is 0.895. The van der Waals surface area contributed by atoms with E-state index in [4.69, 9.17) is 0 Å². The summed E-state index contributed by atoms with van der Waals surface area (Å²) >= 11 is 0. The minimum absolute atomic E-state index is 0.188. The third-order valence-corrected chi connectivity index (χ3v) is 4.65. The Bertz CT molecular complexity index is 402. The van der Waals surface area contributed by atoms with E-state index in [2.05, 4.69) is 10.3 Å². The van der Waals surface area contributed by atoms with Gasteiger partial charge in [0.25, 0.3) is 0 Å². The Kier molecular flexibility index (Phi) is 5.08. The van der Waals surface area contributed by atoms with Crippen molar-refractivity contribution in [1.29, 1.82) is 0 Å². The van der Waals surface area contributed by atoms with Crippen LogP contribution in [-0.4, -0.2) is 71.6 Å². The number of hydrogen-bond donors (Lipinski definition) is 2. The van der Waals surface area contributed by atoms with Crippen molar-refractivity contribution in [2.24, 2.45) is 4.99 Å². The van der Waals surface area contributed by atoms with Crippen molar-refractivity contribution in [1.82, 2.24) is 15.1 Å². The molecule has 1 amide bonds. The Morgan fingerprint density at radius 2 is 2.05 bits per heavy atom. The zero-order valence-corrected chi connectivity index (χ0v) is 13.4. The fourth-order valence-corrected chi connectivity index (χ4v) is 2.72. The quantitative estimate of drug-likeness (QED) is 0.570. The number of nitrogens with one attached hydrogen (secondary N) is 1. The van der Waals surface area contributed by atoms with Gasteiger partial charge < -0.3 is 20.2 Å². The first-order valence-corrected chi connectivity index (χ1v) is 8.00. The molecule has 1 heterocycles. The number of carbonyl (C=O) groups excluding carboxylic acids is 1. The van der Waals surface area contributed by atoms with Gasteiger partial charge in [0, 0.05) is 32.7 Å². The fourth-order valence-electron chi connectivity index (χ4n) is 2.72. The first kappa shape index (κ1) is 16.1. The number of aliphatic imine (C=N–C) groups is 1. The summed E-state index contributed by atoms with van der Waals surface area (Å²) in [5, 5.41) is 13.6. The summed E-state index contributed by atoms with van der Waals surface area (Å²) in [6, 6.07) is 0.486. The largest absolute Gasteiger partial charge is 0.388 e. The van der Waals surface area contributed by atoms with Crippen molar-refractivity contribution in [3.05, 3.63) is 0 Å². The van der Waals surface area contributed by atoms with Crippen molar-refractivity contribution in [3.63, 3.8) is 0 Å². The van der Waals surface area contributed by atoms with E-state index in [1.54, 1.807) is 7.05 Å². The van der Waals surface area contributed by atoms with Crippen LogP contribution in [0, 0.1) is 0 Å². The number of nitrogens with zero attached hydrogens (tertiary/aromatic N) is 3. The van der Waals surface area contributed by atoms with Crippen LogP contribution in [0.5, 0.6) is 0 Å². The van der Waals surface area contributed by atoms with Crippen LogP contribution in [0.4, 0.5) is 0 Å². The van der Waals surface area contributed by atoms with E-state index in [1.165, 1.54) is 0 Å². The Morgan fingerprint density at radius 1 is 1.38 bits per heavy atom. The SMILES string of the molecule is CCC(O)(CC)CNC(=NC)N1CCN(C2CC2)C(=O)C1. The highest BCUT2D eigenvalue weighted by Gasteiger charge is 2.36. The average Bonchev–Trinajstić information content (AvgIpc) is 3.32. The minimum Gasteiger partial charge on any atom is -0.388 e. The molecule has 1 aliphatic heterocycles. The molecule has 0 bridgehead atoms. The molecule has 0 unspecified atom stereocenters. The number of carbonyl (C=O) groups is 1. The van der Waals surface area contributed by atoms with E-state index in [1.807, 2.05) is 23.6 Å². The standard InChI is InChI=1S/C15H28N4O2/c1-4-15(21,5-2)11-17-14(16-3)18-8-9-19(12-6-7-12)13(20)10-18/h12,21H,4-11H2,1-3H3,(H,16,17). The maximum absolute atomic E-state index is 12.2. The first-order valence-electron chi connectivity index (χ1n) is 8.00. The summed E-state index contributed by atoms with van der Waals surface area (Å²) < 4.78 is 0. The van der Waals surface area contributed by atoms with E-state index >= 15 is 0 Å². The Hall–Kier alpha value is -1.30. The van der Waals surface area contributed by atoms with Gasteiger partial charge in [-0.15, -0.1) is 0 Å². The van der Waals surface area contributed by atoms with Crippen LogP contribution in [0.25, 0.3) is 0 Å². The lowest BCUT2D eigenvalue weighted by Gasteiger charge is -2.37. The third kappa shape index (κ3) is 3.87. The zero-order valence-electron chi connectivity index (χ0n) is 13.4. The number of guanidine groups is 1. The predicted octanol–water partition coefficient (Wildman–Crippen LogP) is 0.420. The molecule has 0 aromatic heterocycles. The van der Waals surface area contributed by atoms with Gasteiger partial charge in [-0.2, -0.15) is 0 Å². The highest BCUT2D eigenvalue weighted by atomic mass is 16.3. The van der Waals surface area contributed by atoms with Crippen LogP contribution in [0.3, 0.4) is 0 Å². The molecule has 0 radical (unpaired) electrons. The lowest BCUT2D eigenvalue weighted by atomic mass is 9.98. The van der Waals surface area contributed by atoms with Crippen LogP contribution in [0.15, 0.2) is 4.99 Å². The number of hydrogen-bond acceptors (Lipinski definition) is 3. The molecule has 0 aromatic carbocycles. The maximum Gasteiger partial charge on any atom is 0.242 e.